The third kappa shape index (κ3) is 3.04. The van der Waals surface area contributed by atoms with Crippen molar-refractivity contribution in [3.05, 3.63) is 29.3 Å². The van der Waals surface area contributed by atoms with Crippen LogP contribution in [0.2, 0.25) is 0 Å². The molecule has 0 aliphatic carbocycles. The van der Waals surface area contributed by atoms with Crippen molar-refractivity contribution in [2.24, 2.45) is 0 Å². The van der Waals surface area contributed by atoms with E-state index in [2.05, 4.69) is 36.9 Å². The fraction of sp³-hybridized carbons (Fsp3) is 0.500. The molecule has 1 rings (SSSR count). The summed E-state index contributed by atoms with van der Waals surface area (Å²) in [4.78, 5) is 2.07. The molecule has 1 aromatic carbocycles. The van der Waals surface area contributed by atoms with Crippen LogP contribution in [0.25, 0.3) is 0 Å². The predicted molar refractivity (Wildman–Crippen MR) is 60.9 cm³/mol. The Morgan fingerprint density at radius 3 is 2.14 bits per heavy atom. The minimum Gasteiger partial charge on any atom is -0.392 e. The van der Waals surface area contributed by atoms with Crippen molar-refractivity contribution in [3.63, 3.8) is 0 Å². The molecular formula is C12H19NO. The van der Waals surface area contributed by atoms with Crippen LogP contribution in [-0.4, -0.2) is 24.8 Å². The molecule has 14 heavy (non-hydrogen) atoms. The van der Waals surface area contributed by atoms with Crippen LogP contribution >= 0.6 is 0 Å². The van der Waals surface area contributed by atoms with E-state index in [-0.39, 0.29) is 6.10 Å². The molecule has 0 saturated carbocycles. The van der Waals surface area contributed by atoms with E-state index in [1.807, 2.05) is 7.05 Å². The maximum absolute atomic E-state index is 9.28. The Labute approximate surface area is 86.2 Å². The van der Waals surface area contributed by atoms with Crippen molar-refractivity contribution in [1.82, 2.24) is 0 Å². The number of aliphatic hydroxyl groups is 1. The van der Waals surface area contributed by atoms with E-state index >= 15 is 0 Å². The van der Waals surface area contributed by atoms with Gasteiger partial charge in [0, 0.05) is 19.3 Å². The summed E-state index contributed by atoms with van der Waals surface area (Å²) < 4.78 is 0. The first-order valence-corrected chi connectivity index (χ1v) is 4.96. The summed E-state index contributed by atoms with van der Waals surface area (Å²) in [6, 6.07) is 6.42. The van der Waals surface area contributed by atoms with Gasteiger partial charge in [-0.2, -0.15) is 0 Å². The Kier molecular flexibility index (Phi) is 3.53. The van der Waals surface area contributed by atoms with Crippen molar-refractivity contribution < 1.29 is 5.11 Å². The fourth-order valence-corrected chi connectivity index (χ4v) is 1.67. The molecule has 2 heteroatoms. The van der Waals surface area contributed by atoms with E-state index in [1.54, 1.807) is 6.92 Å². The number of nitrogens with zero attached hydrogens (tertiary/aromatic N) is 1. The highest BCUT2D eigenvalue weighted by atomic mass is 16.3. The Morgan fingerprint density at radius 2 is 1.71 bits per heavy atom. The zero-order valence-corrected chi connectivity index (χ0v) is 9.41. The highest BCUT2D eigenvalue weighted by Gasteiger charge is 2.04. The first-order valence-electron chi connectivity index (χ1n) is 4.96. The predicted octanol–water partition coefficient (Wildman–Crippen LogP) is 2.12. The van der Waals surface area contributed by atoms with Crippen molar-refractivity contribution in [2.75, 3.05) is 18.5 Å². The number of aliphatic hydroxyl groups excluding tert-OH is 1. The Balaban J connectivity index is 2.84. The molecule has 0 radical (unpaired) electrons. The lowest BCUT2D eigenvalue weighted by Crippen LogP contribution is -2.26. The minimum absolute atomic E-state index is 0.291. The molecule has 1 atom stereocenters. The molecule has 2 nitrogen and oxygen atoms in total. The van der Waals surface area contributed by atoms with Gasteiger partial charge in [-0.05, 0) is 44.0 Å². The van der Waals surface area contributed by atoms with Gasteiger partial charge in [0.1, 0.15) is 0 Å². The van der Waals surface area contributed by atoms with Crippen LogP contribution < -0.4 is 4.90 Å². The second-order valence-electron chi connectivity index (χ2n) is 4.08. The first kappa shape index (κ1) is 11.1. The topological polar surface area (TPSA) is 23.5 Å². The van der Waals surface area contributed by atoms with Gasteiger partial charge in [0.2, 0.25) is 0 Å². The first-order chi connectivity index (χ1) is 6.49. The third-order valence-electron chi connectivity index (χ3n) is 2.19. The van der Waals surface area contributed by atoms with E-state index in [9.17, 15) is 5.11 Å². The number of benzene rings is 1. The standard InChI is InChI=1S/C12H19NO/c1-9-5-10(2)7-12(6-9)13(4)8-11(3)14/h5-7,11,14H,8H2,1-4H3. The molecule has 0 aliphatic rings. The van der Waals surface area contributed by atoms with Crippen LogP contribution in [0.1, 0.15) is 18.1 Å². The summed E-state index contributed by atoms with van der Waals surface area (Å²) in [5.74, 6) is 0. The summed E-state index contributed by atoms with van der Waals surface area (Å²) in [5.41, 5.74) is 3.69. The molecule has 0 heterocycles. The molecule has 0 aromatic heterocycles. The lowest BCUT2D eigenvalue weighted by molar-refractivity contribution is 0.201. The number of hydrogen-bond donors (Lipinski definition) is 1. The van der Waals surface area contributed by atoms with Crippen LogP contribution in [0.4, 0.5) is 5.69 Å². The Bertz CT molecular complexity index is 287. The Morgan fingerprint density at radius 1 is 1.21 bits per heavy atom. The molecular weight excluding hydrogens is 174 g/mol. The Hall–Kier alpha value is -1.02. The monoisotopic (exact) mass is 193 g/mol. The zero-order valence-electron chi connectivity index (χ0n) is 9.41. The zero-order chi connectivity index (χ0) is 10.7. The second kappa shape index (κ2) is 4.47. The lowest BCUT2D eigenvalue weighted by Gasteiger charge is -2.21. The number of likely N-dealkylation sites (N-methyl/N-ethyl adjacent to an activating group) is 1. The molecule has 0 saturated heterocycles. The average Bonchev–Trinajstić information content (AvgIpc) is 2.00. The van der Waals surface area contributed by atoms with Gasteiger partial charge in [0.25, 0.3) is 0 Å². The summed E-state index contributed by atoms with van der Waals surface area (Å²) in [7, 11) is 2.00. The maximum atomic E-state index is 9.28. The van der Waals surface area contributed by atoms with Crippen LogP contribution in [0, 0.1) is 13.8 Å². The normalized spacial score (nSPS) is 12.6. The largest absolute Gasteiger partial charge is 0.392 e. The molecule has 0 amide bonds. The quantitative estimate of drug-likeness (QED) is 0.795. The molecule has 1 unspecified atom stereocenters. The smallest absolute Gasteiger partial charge is 0.0686 e. The molecule has 0 fully saturated rings. The number of anilines is 1. The highest BCUT2D eigenvalue weighted by molar-refractivity contribution is 5.50. The van der Waals surface area contributed by atoms with Crippen molar-refractivity contribution in [3.8, 4) is 0 Å². The van der Waals surface area contributed by atoms with Gasteiger partial charge in [-0.1, -0.05) is 6.07 Å². The van der Waals surface area contributed by atoms with Crippen molar-refractivity contribution in [2.45, 2.75) is 26.9 Å². The van der Waals surface area contributed by atoms with Gasteiger partial charge >= 0.3 is 0 Å². The van der Waals surface area contributed by atoms with Gasteiger partial charge in [0.15, 0.2) is 0 Å². The van der Waals surface area contributed by atoms with Crippen LogP contribution in [0.15, 0.2) is 18.2 Å². The fourth-order valence-electron chi connectivity index (χ4n) is 1.67. The van der Waals surface area contributed by atoms with E-state index in [1.165, 1.54) is 16.8 Å². The molecule has 1 aromatic rings. The van der Waals surface area contributed by atoms with Crippen LogP contribution in [-0.2, 0) is 0 Å². The van der Waals surface area contributed by atoms with Gasteiger partial charge in [-0.3, -0.25) is 0 Å². The van der Waals surface area contributed by atoms with Gasteiger partial charge < -0.3 is 10.0 Å². The third-order valence-corrected chi connectivity index (χ3v) is 2.19. The molecule has 1 N–H and O–H groups in total. The average molecular weight is 193 g/mol. The highest BCUT2D eigenvalue weighted by Crippen LogP contribution is 2.17. The summed E-state index contributed by atoms with van der Waals surface area (Å²) in [5, 5.41) is 9.28. The van der Waals surface area contributed by atoms with Gasteiger partial charge in [-0.15, -0.1) is 0 Å². The van der Waals surface area contributed by atoms with E-state index in [4.69, 9.17) is 0 Å². The van der Waals surface area contributed by atoms with E-state index in [0.717, 1.165) is 0 Å². The van der Waals surface area contributed by atoms with E-state index in [0.29, 0.717) is 6.54 Å². The summed E-state index contributed by atoms with van der Waals surface area (Å²) in [6.07, 6.45) is -0.291. The second-order valence-corrected chi connectivity index (χ2v) is 4.08. The van der Waals surface area contributed by atoms with Crippen molar-refractivity contribution >= 4 is 5.69 Å². The summed E-state index contributed by atoms with van der Waals surface area (Å²) >= 11 is 0. The molecule has 0 spiro atoms. The SMILES string of the molecule is Cc1cc(C)cc(N(C)CC(C)O)c1. The molecule has 78 valence electrons. The number of hydrogen-bond acceptors (Lipinski definition) is 2. The minimum atomic E-state index is -0.291. The molecule has 0 aliphatic heterocycles. The maximum Gasteiger partial charge on any atom is 0.0686 e. The lowest BCUT2D eigenvalue weighted by atomic mass is 10.1. The number of rotatable bonds is 3. The van der Waals surface area contributed by atoms with Crippen LogP contribution in [0.5, 0.6) is 0 Å². The van der Waals surface area contributed by atoms with E-state index < -0.39 is 0 Å². The summed E-state index contributed by atoms with van der Waals surface area (Å²) in [6.45, 7) is 6.65. The number of aryl methyl sites for hydroxylation is 2. The van der Waals surface area contributed by atoms with Crippen molar-refractivity contribution in [1.29, 1.82) is 0 Å². The molecule has 0 bridgehead atoms. The van der Waals surface area contributed by atoms with Gasteiger partial charge in [0.05, 0.1) is 6.10 Å². The van der Waals surface area contributed by atoms with Gasteiger partial charge in [-0.25, -0.2) is 0 Å². The van der Waals surface area contributed by atoms with Crippen LogP contribution in [0.3, 0.4) is 0 Å².